The van der Waals surface area contributed by atoms with Crippen molar-refractivity contribution in [3.05, 3.63) is 35.9 Å². The third-order valence-corrected chi connectivity index (χ3v) is 4.02. The maximum atomic E-state index is 12.2. The molecule has 1 saturated carbocycles. The second-order valence-electron chi connectivity index (χ2n) is 5.72. The predicted octanol–water partition coefficient (Wildman–Crippen LogP) is 1.18. The van der Waals surface area contributed by atoms with Gasteiger partial charge in [-0.3, -0.25) is 9.59 Å². The molecule has 21 heavy (non-hydrogen) atoms. The summed E-state index contributed by atoms with van der Waals surface area (Å²) in [6.45, 7) is -0.0510. The van der Waals surface area contributed by atoms with Gasteiger partial charge in [0, 0.05) is 12.6 Å². The van der Waals surface area contributed by atoms with E-state index in [0.29, 0.717) is 5.56 Å². The van der Waals surface area contributed by atoms with Crippen molar-refractivity contribution in [3.8, 4) is 0 Å². The molecule has 0 radical (unpaired) electrons. The van der Waals surface area contributed by atoms with E-state index in [2.05, 4.69) is 5.32 Å². The van der Waals surface area contributed by atoms with E-state index in [1.54, 1.807) is 31.3 Å². The van der Waals surface area contributed by atoms with Crippen LogP contribution in [-0.4, -0.2) is 47.6 Å². The first-order valence-corrected chi connectivity index (χ1v) is 7.29. The lowest BCUT2D eigenvalue weighted by atomic mass is 9.99. The molecule has 1 aliphatic rings. The van der Waals surface area contributed by atoms with Gasteiger partial charge < -0.3 is 15.3 Å². The third kappa shape index (κ3) is 3.82. The molecule has 0 spiro atoms. The Morgan fingerprint density at radius 1 is 1.24 bits per heavy atom. The highest BCUT2D eigenvalue weighted by Crippen LogP contribution is 2.28. The number of benzene rings is 1. The number of amides is 2. The van der Waals surface area contributed by atoms with Crippen molar-refractivity contribution in [2.24, 2.45) is 0 Å². The van der Waals surface area contributed by atoms with Gasteiger partial charge in [0.25, 0.3) is 5.91 Å². The summed E-state index contributed by atoms with van der Waals surface area (Å²) in [6, 6.07) is 8.88. The minimum Gasteiger partial charge on any atom is -0.394 e. The van der Waals surface area contributed by atoms with Crippen LogP contribution < -0.4 is 5.32 Å². The molecule has 0 saturated heterocycles. The highest BCUT2D eigenvalue weighted by molar-refractivity contribution is 5.96. The Kier molecular flexibility index (Phi) is 4.96. The monoisotopic (exact) mass is 290 g/mol. The molecule has 2 rings (SSSR count). The summed E-state index contributed by atoms with van der Waals surface area (Å²) in [6.07, 6.45) is 3.62. The van der Waals surface area contributed by atoms with E-state index >= 15 is 0 Å². The molecule has 114 valence electrons. The molecule has 1 fully saturated rings. The van der Waals surface area contributed by atoms with Gasteiger partial charge in [-0.25, -0.2) is 0 Å². The van der Waals surface area contributed by atoms with E-state index < -0.39 is 5.54 Å². The minimum atomic E-state index is -0.492. The summed E-state index contributed by atoms with van der Waals surface area (Å²) < 4.78 is 0. The molecule has 1 aliphatic carbocycles. The van der Waals surface area contributed by atoms with Crippen molar-refractivity contribution in [3.63, 3.8) is 0 Å². The SMILES string of the molecule is CN(CC(=O)NC1(CO)CCCC1)C(=O)c1ccccc1. The van der Waals surface area contributed by atoms with Crippen molar-refractivity contribution in [2.45, 2.75) is 31.2 Å². The number of aliphatic hydroxyl groups excluding tert-OH is 1. The quantitative estimate of drug-likeness (QED) is 0.855. The largest absolute Gasteiger partial charge is 0.394 e. The Bertz CT molecular complexity index is 496. The number of hydrogen-bond donors (Lipinski definition) is 2. The fraction of sp³-hybridized carbons (Fsp3) is 0.500. The minimum absolute atomic E-state index is 0.00449. The number of carbonyl (C=O) groups excluding carboxylic acids is 2. The van der Waals surface area contributed by atoms with Crippen LogP contribution in [0.2, 0.25) is 0 Å². The van der Waals surface area contributed by atoms with Crippen molar-refractivity contribution in [2.75, 3.05) is 20.2 Å². The fourth-order valence-electron chi connectivity index (χ4n) is 2.80. The molecule has 0 aliphatic heterocycles. The Balaban J connectivity index is 1.91. The number of carbonyl (C=O) groups is 2. The Hall–Kier alpha value is -1.88. The Morgan fingerprint density at radius 2 is 1.86 bits per heavy atom. The van der Waals surface area contributed by atoms with E-state index in [9.17, 15) is 14.7 Å². The van der Waals surface area contributed by atoms with Crippen LogP contribution in [0.4, 0.5) is 0 Å². The van der Waals surface area contributed by atoms with Crippen LogP contribution in [0.1, 0.15) is 36.0 Å². The van der Waals surface area contributed by atoms with Crippen LogP contribution >= 0.6 is 0 Å². The second-order valence-corrected chi connectivity index (χ2v) is 5.72. The molecule has 2 amide bonds. The topological polar surface area (TPSA) is 69.6 Å². The fourth-order valence-corrected chi connectivity index (χ4v) is 2.80. The molecule has 1 aromatic rings. The zero-order valence-corrected chi connectivity index (χ0v) is 12.3. The summed E-state index contributed by atoms with van der Waals surface area (Å²) in [7, 11) is 1.61. The summed E-state index contributed by atoms with van der Waals surface area (Å²) in [5.41, 5.74) is 0.0683. The molecule has 0 atom stereocenters. The van der Waals surface area contributed by atoms with Gasteiger partial charge in [-0.15, -0.1) is 0 Å². The Morgan fingerprint density at radius 3 is 2.43 bits per heavy atom. The van der Waals surface area contributed by atoms with Gasteiger partial charge in [0.1, 0.15) is 0 Å². The zero-order valence-electron chi connectivity index (χ0n) is 12.3. The van der Waals surface area contributed by atoms with Gasteiger partial charge in [-0.1, -0.05) is 31.0 Å². The normalized spacial score (nSPS) is 16.5. The summed E-state index contributed by atoms with van der Waals surface area (Å²) >= 11 is 0. The molecular formula is C16H22N2O3. The number of nitrogens with zero attached hydrogens (tertiary/aromatic N) is 1. The van der Waals surface area contributed by atoms with Crippen molar-refractivity contribution >= 4 is 11.8 Å². The van der Waals surface area contributed by atoms with E-state index in [-0.39, 0.29) is 25.0 Å². The van der Waals surface area contributed by atoms with Crippen LogP contribution in [0.15, 0.2) is 30.3 Å². The molecule has 2 N–H and O–H groups in total. The molecule has 0 bridgehead atoms. The number of aliphatic hydroxyl groups is 1. The molecular weight excluding hydrogens is 268 g/mol. The zero-order chi connectivity index (χ0) is 15.3. The van der Waals surface area contributed by atoms with Crippen molar-refractivity contribution < 1.29 is 14.7 Å². The smallest absolute Gasteiger partial charge is 0.254 e. The average Bonchev–Trinajstić information content (AvgIpc) is 2.96. The lowest BCUT2D eigenvalue weighted by molar-refractivity contribution is -0.124. The van der Waals surface area contributed by atoms with Crippen LogP contribution in [0.25, 0.3) is 0 Å². The molecule has 5 nitrogen and oxygen atoms in total. The van der Waals surface area contributed by atoms with Gasteiger partial charge in [0.15, 0.2) is 0 Å². The number of hydrogen-bond acceptors (Lipinski definition) is 3. The van der Waals surface area contributed by atoms with E-state index in [1.807, 2.05) is 6.07 Å². The average molecular weight is 290 g/mol. The lowest BCUT2D eigenvalue weighted by Gasteiger charge is -2.29. The second kappa shape index (κ2) is 6.72. The molecule has 5 heteroatoms. The maximum absolute atomic E-state index is 12.2. The first kappa shape index (κ1) is 15.5. The summed E-state index contributed by atoms with van der Waals surface area (Å²) in [5, 5.41) is 12.4. The first-order chi connectivity index (χ1) is 10.1. The van der Waals surface area contributed by atoms with E-state index in [4.69, 9.17) is 0 Å². The molecule has 0 heterocycles. The van der Waals surface area contributed by atoms with Gasteiger partial charge in [-0.2, -0.15) is 0 Å². The van der Waals surface area contributed by atoms with Gasteiger partial charge in [-0.05, 0) is 25.0 Å². The van der Waals surface area contributed by atoms with Crippen molar-refractivity contribution in [1.29, 1.82) is 0 Å². The number of nitrogens with one attached hydrogen (secondary N) is 1. The van der Waals surface area contributed by atoms with Crippen LogP contribution in [0.3, 0.4) is 0 Å². The summed E-state index contributed by atoms with van der Waals surface area (Å²) in [4.78, 5) is 25.6. The Labute approximate surface area is 125 Å². The third-order valence-electron chi connectivity index (χ3n) is 4.02. The van der Waals surface area contributed by atoms with E-state index in [0.717, 1.165) is 25.7 Å². The van der Waals surface area contributed by atoms with Crippen LogP contribution in [0.5, 0.6) is 0 Å². The molecule has 1 aromatic carbocycles. The number of rotatable bonds is 5. The molecule has 0 unspecified atom stereocenters. The standard InChI is InChI=1S/C16H22N2O3/c1-18(15(21)13-7-3-2-4-8-13)11-14(20)17-16(12-19)9-5-6-10-16/h2-4,7-8,19H,5-6,9-12H2,1H3,(H,17,20). The highest BCUT2D eigenvalue weighted by Gasteiger charge is 2.34. The summed E-state index contributed by atoms with van der Waals surface area (Å²) in [5.74, 6) is -0.409. The maximum Gasteiger partial charge on any atom is 0.254 e. The number of likely N-dealkylation sites (N-methyl/N-ethyl adjacent to an activating group) is 1. The predicted molar refractivity (Wildman–Crippen MR) is 79.8 cm³/mol. The van der Waals surface area contributed by atoms with Crippen LogP contribution in [-0.2, 0) is 4.79 Å². The van der Waals surface area contributed by atoms with Gasteiger partial charge in [0.05, 0.1) is 18.7 Å². The highest BCUT2D eigenvalue weighted by atomic mass is 16.3. The van der Waals surface area contributed by atoms with Crippen LogP contribution in [0, 0.1) is 0 Å². The van der Waals surface area contributed by atoms with Gasteiger partial charge in [0.2, 0.25) is 5.91 Å². The van der Waals surface area contributed by atoms with Crippen molar-refractivity contribution in [1.82, 2.24) is 10.2 Å². The molecule has 0 aromatic heterocycles. The lowest BCUT2D eigenvalue weighted by Crippen LogP contribution is -2.52. The van der Waals surface area contributed by atoms with E-state index in [1.165, 1.54) is 4.90 Å². The first-order valence-electron chi connectivity index (χ1n) is 7.29. The van der Waals surface area contributed by atoms with Gasteiger partial charge >= 0.3 is 0 Å².